The molecule has 0 aromatic carbocycles. The van der Waals surface area contributed by atoms with Crippen molar-refractivity contribution in [1.29, 1.82) is 0 Å². The molecule has 0 aromatic heterocycles. The van der Waals surface area contributed by atoms with E-state index in [0.29, 0.717) is 12.8 Å². The first kappa shape index (κ1) is 28.1. The number of fused-ring (bicyclic) bond motifs is 4. The van der Waals surface area contributed by atoms with Crippen molar-refractivity contribution in [1.82, 2.24) is 0 Å². The maximum atomic E-state index is 14.6. The molecule has 5 heteroatoms. The van der Waals surface area contributed by atoms with E-state index in [1.165, 1.54) is 5.57 Å². The quantitative estimate of drug-likeness (QED) is 0.200. The van der Waals surface area contributed by atoms with E-state index in [2.05, 4.69) is 65.8 Å². The monoisotopic (exact) mass is 534 g/mol. The van der Waals surface area contributed by atoms with E-state index in [-0.39, 0.29) is 40.9 Å². The Morgan fingerprint density at radius 2 is 1.67 bits per heavy atom. The van der Waals surface area contributed by atoms with Crippen LogP contribution >= 0.6 is 0 Å². The number of carbonyl (C=O) groups is 2. The van der Waals surface area contributed by atoms with Gasteiger partial charge in [0.25, 0.3) is 0 Å². The maximum Gasteiger partial charge on any atom is 0.346 e. The lowest BCUT2D eigenvalue weighted by Crippen LogP contribution is -2.54. The molecule has 2 N–H and O–H groups in total. The largest absolute Gasteiger partial charge is 0.511 e. The van der Waals surface area contributed by atoms with Gasteiger partial charge in [-0.05, 0) is 78.1 Å². The van der Waals surface area contributed by atoms with Gasteiger partial charge in [0.15, 0.2) is 5.60 Å². The van der Waals surface area contributed by atoms with Crippen LogP contribution in [0.2, 0.25) is 0 Å². The fourth-order valence-corrected chi connectivity index (χ4v) is 9.27. The second-order valence-electron chi connectivity index (χ2n) is 13.9. The van der Waals surface area contributed by atoms with Crippen molar-refractivity contribution in [3.63, 3.8) is 0 Å². The van der Waals surface area contributed by atoms with Crippen molar-refractivity contribution in [2.24, 2.45) is 40.4 Å². The third-order valence-electron chi connectivity index (χ3n) is 11.2. The van der Waals surface area contributed by atoms with Crippen molar-refractivity contribution in [2.45, 2.75) is 99.2 Å². The van der Waals surface area contributed by atoms with E-state index < -0.39 is 34.3 Å². The zero-order chi connectivity index (χ0) is 28.7. The van der Waals surface area contributed by atoms with Crippen LogP contribution in [0, 0.1) is 40.4 Å². The Bertz CT molecular complexity index is 1260. The number of hydrogen-bond acceptors (Lipinski definition) is 5. The zero-order valence-corrected chi connectivity index (χ0v) is 24.9. The minimum absolute atomic E-state index is 0.0608. The number of ether oxygens (including phenoxy) is 1. The summed E-state index contributed by atoms with van der Waals surface area (Å²) in [7, 11) is 0. The lowest BCUT2D eigenvalue weighted by Gasteiger charge is -2.55. The number of ketones is 1. The molecule has 1 heterocycles. The number of Topliss-reactive ketones (excluding diaryl/α,β-unsaturated/α-hetero) is 1. The first-order valence-electron chi connectivity index (χ1n) is 14.8. The van der Waals surface area contributed by atoms with E-state index in [1.807, 2.05) is 13.8 Å². The van der Waals surface area contributed by atoms with Gasteiger partial charge >= 0.3 is 5.97 Å². The minimum Gasteiger partial charge on any atom is -0.511 e. The molecule has 2 bridgehead atoms. The molecule has 2 fully saturated rings. The molecule has 5 rings (SSSR count). The Balaban J connectivity index is 1.82. The predicted octanol–water partition coefficient (Wildman–Crippen LogP) is 6.95. The van der Waals surface area contributed by atoms with E-state index in [0.717, 1.165) is 36.0 Å². The van der Waals surface area contributed by atoms with Crippen molar-refractivity contribution in [2.75, 3.05) is 0 Å². The number of rotatable bonds is 0. The van der Waals surface area contributed by atoms with Crippen LogP contribution in [-0.4, -0.2) is 33.7 Å². The fraction of sp³-hybridized carbons (Fsp3) is 0.647. The summed E-state index contributed by atoms with van der Waals surface area (Å²) in [6, 6.07) is 0. The molecular weight excluding hydrogens is 488 g/mol. The number of esters is 1. The Labute approximate surface area is 233 Å². The first-order valence-corrected chi connectivity index (χ1v) is 14.8. The Morgan fingerprint density at radius 3 is 2.36 bits per heavy atom. The average Bonchev–Trinajstić information content (AvgIpc) is 3.09. The van der Waals surface area contributed by atoms with Crippen LogP contribution in [-0.2, 0) is 14.3 Å². The Kier molecular flexibility index (Phi) is 6.73. The third kappa shape index (κ3) is 3.89. The van der Waals surface area contributed by atoms with Gasteiger partial charge in [-0.1, -0.05) is 67.4 Å². The van der Waals surface area contributed by atoms with Gasteiger partial charge in [-0.3, -0.25) is 4.79 Å². The summed E-state index contributed by atoms with van der Waals surface area (Å²) in [4.78, 5) is 28.4. The topological polar surface area (TPSA) is 83.8 Å². The number of aliphatic hydroxyl groups excluding tert-OH is 2. The normalized spacial score (nSPS) is 49.3. The molecular formula is C34H46O5. The summed E-state index contributed by atoms with van der Waals surface area (Å²) in [5.74, 6) is -1.51. The molecule has 39 heavy (non-hydrogen) atoms. The Hall–Kier alpha value is -2.40. The fourth-order valence-electron chi connectivity index (χ4n) is 9.27. The first-order chi connectivity index (χ1) is 18.2. The highest BCUT2D eigenvalue weighted by atomic mass is 16.6. The molecule has 0 amide bonds. The van der Waals surface area contributed by atoms with E-state index >= 15 is 0 Å². The minimum atomic E-state index is -1.40. The molecule has 5 aliphatic rings. The van der Waals surface area contributed by atoms with Crippen molar-refractivity contribution < 1.29 is 24.5 Å². The third-order valence-corrected chi connectivity index (χ3v) is 11.2. The molecule has 4 aliphatic carbocycles. The van der Waals surface area contributed by atoms with Crippen LogP contribution in [0.15, 0.2) is 57.9 Å². The highest BCUT2D eigenvalue weighted by Gasteiger charge is 2.66. The van der Waals surface area contributed by atoms with Crippen LogP contribution in [0.1, 0.15) is 87.5 Å². The number of aliphatic hydroxyl groups is 2. The van der Waals surface area contributed by atoms with Gasteiger partial charge in [0.2, 0.25) is 5.78 Å². The molecule has 1 saturated carbocycles. The molecule has 0 aromatic rings. The molecule has 9 atom stereocenters. The highest BCUT2D eigenvalue weighted by molar-refractivity contribution is 6.26. The second-order valence-corrected chi connectivity index (χ2v) is 13.9. The summed E-state index contributed by atoms with van der Waals surface area (Å²) in [6.45, 7) is 16.6. The molecule has 1 spiro atoms. The van der Waals surface area contributed by atoms with E-state index in [9.17, 15) is 19.8 Å². The molecule has 212 valence electrons. The predicted molar refractivity (Wildman–Crippen MR) is 153 cm³/mol. The summed E-state index contributed by atoms with van der Waals surface area (Å²) in [6.07, 6.45) is 11.7. The van der Waals surface area contributed by atoms with Gasteiger partial charge in [-0.2, -0.15) is 0 Å². The van der Waals surface area contributed by atoms with Gasteiger partial charge in [-0.25, -0.2) is 4.79 Å². The van der Waals surface area contributed by atoms with Gasteiger partial charge < -0.3 is 14.9 Å². The van der Waals surface area contributed by atoms with Gasteiger partial charge in [-0.15, -0.1) is 0 Å². The molecule has 1 saturated heterocycles. The number of hydrogen-bond donors (Lipinski definition) is 2. The molecule has 0 radical (unpaired) electrons. The molecule has 5 nitrogen and oxygen atoms in total. The van der Waals surface area contributed by atoms with Crippen molar-refractivity contribution >= 4 is 11.8 Å². The Morgan fingerprint density at radius 1 is 0.974 bits per heavy atom. The van der Waals surface area contributed by atoms with Gasteiger partial charge in [0, 0.05) is 23.7 Å². The van der Waals surface area contributed by atoms with Crippen LogP contribution in [0.3, 0.4) is 0 Å². The lowest BCUT2D eigenvalue weighted by molar-refractivity contribution is -0.162. The van der Waals surface area contributed by atoms with E-state index in [4.69, 9.17) is 4.74 Å². The SMILES string of the molecule is CC1=C[C@@]2(C)/C=C(\C)CC/C=C(\C)[C@@H]3C(C)=CC4[C@@H](O)CC[C@H](C)[C@H]4[C@]3(C)/C(O)=C3/C(=O)O[C@]2(C[C@H]1C)C3=O. The smallest absolute Gasteiger partial charge is 0.346 e. The number of carbonyl (C=O) groups excluding carboxylic acids is 2. The molecule has 1 unspecified atom stereocenters. The van der Waals surface area contributed by atoms with Gasteiger partial charge in [0.1, 0.15) is 11.3 Å². The van der Waals surface area contributed by atoms with Crippen LogP contribution < -0.4 is 0 Å². The zero-order valence-electron chi connectivity index (χ0n) is 24.9. The molecule has 1 aliphatic heterocycles. The summed E-state index contributed by atoms with van der Waals surface area (Å²) in [5, 5.41) is 23.5. The summed E-state index contributed by atoms with van der Waals surface area (Å²) < 4.78 is 6.20. The second kappa shape index (κ2) is 9.33. The van der Waals surface area contributed by atoms with Crippen LogP contribution in [0.4, 0.5) is 0 Å². The summed E-state index contributed by atoms with van der Waals surface area (Å²) in [5.41, 5.74) is 1.15. The van der Waals surface area contributed by atoms with Crippen LogP contribution in [0.25, 0.3) is 0 Å². The number of allylic oxidation sites excluding steroid dienone is 6. The van der Waals surface area contributed by atoms with Crippen LogP contribution in [0.5, 0.6) is 0 Å². The summed E-state index contributed by atoms with van der Waals surface area (Å²) >= 11 is 0. The van der Waals surface area contributed by atoms with Gasteiger partial charge in [0.05, 0.1) is 11.5 Å². The maximum absolute atomic E-state index is 14.6. The van der Waals surface area contributed by atoms with Crippen molar-refractivity contribution in [3.8, 4) is 0 Å². The van der Waals surface area contributed by atoms with Crippen molar-refractivity contribution in [3.05, 3.63) is 57.9 Å². The standard InChI is InChI=1S/C34H46O5/c1-18-10-9-11-19(2)27-21(4)14-24-25(35)13-12-20(3)28(24)33(27,8)29(36)26-30(37)34(39-31(26)38)17-23(6)22(5)16-32(34,7)15-18/h11,14-16,20,23-25,27-28,35-36H,9-10,12-13,17H2,1-8H3/b18-15+,19-11+,29-26-/t20-,23+,24?,25-,27+,28+,32+,33+,34+/m0/s1. The lowest BCUT2D eigenvalue weighted by atomic mass is 9.49. The highest BCUT2D eigenvalue weighted by Crippen LogP contribution is 2.62. The average molecular weight is 535 g/mol. The van der Waals surface area contributed by atoms with E-state index in [1.54, 1.807) is 0 Å².